The van der Waals surface area contributed by atoms with Crippen LogP contribution >= 0.6 is 0 Å². The number of carbonyl (C=O) groups excluding carboxylic acids is 2. The summed E-state index contributed by atoms with van der Waals surface area (Å²) < 4.78 is 23.4. The van der Waals surface area contributed by atoms with E-state index >= 15 is 0 Å². The number of ether oxygens (including phenoxy) is 3. The molecule has 1 aromatic heterocycles. The van der Waals surface area contributed by atoms with Crippen LogP contribution < -0.4 is 19.5 Å². The third-order valence-electron chi connectivity index (χ3n) is 8.53. The summed E-state index contributed by atoms with van der Waals surface area (Å²) in [6.07, 6.45) is -0.682. The Morgan fingerprint density at radius 3 is 2.43 bits per heavy atom. The second-order valence-corrected chi connectivity index (χ2v) is 11.4. The molecule has 4 atom stereocenters. The van der Waals surface area contributed by atoms with Crippen molar-refractivity contribution in [2.75, 3.05) is 27.4 Å². The summed E-state index contributed by atoms with van der Waals surface area (Å²) >= 11 is 0. The van der Waals surface area contributed by atoms with Gasteiger partial charge in [-0.3, -0.25) is 9.59 Å². The molecule has 0 fully saturated rings. The first kappa shape index (κ1) is 31.2. The van der Waals surface area contributed by atoms with Crippen LogP contribution in [0.1, 0.15) is 38.7 Å². The third kappa shape index (κ3) is 5.57. The highest BCUT2D eigenvalue weighted by Crippen LogP contribution is 2.51. The Kier molecular flexibility index (Phi) is 8.72. The van der Waals surface area contributed by atoms with Crippen LogP contribution in [0.25, 0.3) is 11.0 Å². The van der Waals surface area contributed by atoms with Crippen molar-refractivity contribution in [2.24, 2.45) is 0 Å². The van der Waals surface area contributed by atoms with Crippen LogP contribution in [0.4, 0.5) is 0 Å². The molecule has 240 valence electrons. The molecule has 4 N–H and O–H groups in total. The molecule has 0 saturated carbocycles. The summed E-state index contributed by atoms with van der Waals surface area (Å²) in [5.41, 5.74) is 3.61. The smallest absolute Gasteiger partial charge is 0.290 e. The Bertz CT molecular complexity index is 1800. The Balaban J connectivity index is 1.48. The lowest BCUT2D eigenvalue weighted by Crippen LogP contribution is -2.55. The normalized spacial score (nSPS) is 19.9. The number of benzene rings is 3. The van der Waals surface area contributed by atoms with Crippen LogP contribution in [-0.4, -0.2) is 77.7 Å². The predicted molar refractivity (Wildman–Crippen MR) is 168 cm³/mol. The van der Waals surface area contributed by atoms with Crippen LogP contribution in [0, 0.1) is 6.92 Å². The number of nitrogens with zero attached hydrogens (tertiary/aromatic N) is 1. The number of nitrogens with one attached hydrogen (secondary N) is 1. The van der Waals surface area contributed by atoms with Gasteiger partial charge in [0, 0.05) is 29.6 Å². The van der Waals surface area contributed by atoms with Crippen molar-refractivity contribution < 1.29 is 43.5 Å². The van der Waals surface area contributed by atoms with Crippen molar-refractivity contribution in [3.05, 3.63) is 100 Å². The summed E-state index contributed by atoms with van der Waals surface area (Å²) in [4.78, 5) is 29.5. The van der Waals surface area contributed by atoms with E-state index in [1.54, 1.807) is 36.4 Å². The molecule has 11 heteroatoms. The molecule has 2 aliphatic rings. The summed E-state index contributed by atoms with van der Waals surface area (Å²) in [6.45, 7) is 1.50. The van der Waals surface area contributed by atoms with Crippen LogP contribution in [0.5, 0.6) is 17.2 Å². The first-order valence-corrected chi connectivity index (χ1v) is 15.0. The van der Waals surface area contributed by atoms with Crippen molar-refractivity contribution in [3.8, 4) is 17.2 Å². The van der Waals surface area contributed by atoms with Crippen molar-refractivity contribution in [3.63, 3.8) is 0 Å². The lowest BCUT2D eigenvalue weighted by molar-refractivity contribution is -0.118. The molecule has 2 amide bonds. The minimum absolute atomic E-state index is 0.00131. The Morgan fingerprint density at radius 2 is 1.74 bits per heavy atom. The van der Waals surface area contributed by atoms with Gasteiger partial charge in [-0.25, -0.2) is 0 Å². The number of aliphatic hydroxyl groups excluding tert-OH is 3. The van der Waals surface area contributed by atoms with Gasteiger partial charge in [-0.05, 0) is 48.4 Å². The maximum Gasteiger partial charge on any atom is 0.290 e. The number of aryl methyl sites for hydroxylation is 1. The van der Waals surface area contributed by atoms with Gasteiger partial charge in [0.15, 0.2) is 28.6 Å². The number of fused-ring (bicyclic) bond motifs is 4. The van der Waals surface area contributed by atoms with Gasteiger partial charge in [0.05, 0.1) is 39.4 Å². The zero-order valence-electron chi connectivity index (χ0n) is 25.7. The number of carbonyl (C=O) groups is 2. The quantitative estimate of drug-likeness (QED) is 0.208. The number of methoxy groups -OCH3 is 2. The van der Waals surface area contributed by atoms with Gasteiger partial charge in [0.25, 0.3) is 5.91 Å². The van der Waals surface area contributed by atoms with E-state index in [0.29, 0.717) is 39.3 Å². The van der Waals surface area contributed by atoms with Gasteiger partial charge < -0.3 is 44.2 Å². The summed E-state index contributed by atoms with van der Waals surface area (Å²) in [5.74, 6) is -0.545. The molecule has 1 aliphatic heterocycles. The van der Waals surface area contributed by atoms with E-state index in [2.05, 4.69) is 5.32 Å². The van der Waals surface area contributed by atoms with E-state index in [4.69, 9.17) is 18.6 Å². The number of hydrogen-bond donors (Lipinski definition) is 4. The Labute approximate surface area is 265 Å². The van der Waals surface area contributed by atoms with Gasteiger partial charge in [-0.2, -0.15) is 0 Å². The van der Waals surface area contributed by atoms with Crippen LogP contribution in [0.2, 0.25) is 0 Å². The fraction of sp³-hybridized carbons (Fsp3) is 0.314. The summed E-state index contributed by atoms with van der Waals surface area (Å²) in [5, 5.41) is 34.8. The maximum absolute atomic E-state index is 14.4. The number of rotatable bonds is 10. The Hall–Kier alpha value is -4.84. The van der Waals surface area contributed by atoms with Gasteiger partial charge in [-0.15, -0.1) is 0 Å². The first-order valence-electron chi connectivity index (χ1n) is 15.0. The van der Waals surface area contributed by atoms with Gasteiger partial charge in [0.2, 0.25) is 5.91 Å². The highest BCUT2D eigenvalue weighted by atomic mass is 16.5. The van der Waals surface area contributed by atoms with E-state index in [-0.39, 0.29) is 37.6 Å². The largest absolute Gasteiger partial charge is 0.493 e. The molecule has 0 radical (unpaired) electrons. The molecule has 0 saturated heterocycles. The van der Waals surface area contributed by atoms with Crippen LogP contribution in [0.3, 0.4) is 0 Å². The Morgan fingerprint density at radius 1 is 0.978 bits per heavy atom. The van der Waals surface area contributed by atoms with E-state index in [9.17, 15) is 24.9 Å². The number of hydrogen-bond acceptors (Lipinski definition) is 9. The zero-order valence-corrected chi connectivity index (χ0v) is 25.7. The molecule has 4 aromatic rings. The molecule has 46 heavy (non-hydrogen) atoms. The number of furan rings is 1. The van der Waals surface area contributed by atoms with Crippen molar-refractivity contribution in [1.29, 1.82) is 0 Å². The lowest BCUT2D eigenvalue weighted by Gasteiger charge is -2.40. The fourth-order valence-corrected chi connectivity index (χ4v) is 6.27. The van der Waals surface area contributed by atoms with E-state index in [1.807, 2.05) is 37.3 Å². The topological polar surface area (TPSA) is 151 Å². The molecule has 0 unspecified atom stereocenters. The number of aliphatic hydroxyl groups is 3. The second kappa shape index (κ2) is 12.9. The van der Waals surface area contributed by atoms with Gasteiger partial charge in [0.1, 0.15) is 12.2 Å². The molecule has 1 aliphatic carbocycles. The minimum Gasteiger partial charge on any atom is -0.493 e. The highest BCUT2D eigenvalue weighted by Gasteiger charge is 2.51. The molecule has 3 aromatic carbocycles. The second-order valence-electron chi connectivity index (χ2n) is 11.4. The molecule has 11 nitrogen and oxygen atoms in total. The van der Waals surface area contributed by atoms with E-state index in [0.717, 1.165) is 11.1 Å². The van der Waals surface area contributed by atoms with Gasteiger partial charge >= 0.3 is 0 Å². The van der Waals surface area contributed by atoms with Crippen LogP contribution in [0.15, 0.2) is 76.7 Å². The molecular formula is C35H36N2O9. The molecule has 0 bridgehead atoms. The van der Waals surface area contributed by atoms with E-state index in [1.165, 1.54) is 19.1 Å². The first-order chi connectivity index (χ1) is 22.3. The predicted octanol–water partition coefficient (Wildman–Crippen LogP) is 3.22. The number of para-hydroxylation sites is 1. The zero-order chi connectivity index (χ0) is 32.5. The standard InChI is InChI=1S/C35H36N2O9/c1-19-7-9-20(10-8-19)17-37(35(42)28-15-22-5-4-6-26(43-2)31(22)45-28)25-16-24(34(41)36-11-12-38)29-23-13-21(18-39)14-27(44-3)32(23)46-33(29)30(25)40/h4-10,13-16,25,29-30,33,38-40H,11-12,17-18H2,1-3H3,(H,36,41)/t25-,29+,30+,33+/m1/s1. The third-order valence-corrected chi connectivity index (χ3v) is 8.53. The minimum atomic E-state index is -1.29. The number of amides is 2. The average molecular weight is 629 g/mol. The molecule has 0 spiro atoms. The lowest BCUT2D eigenvalue weighted by atomic mass is 9.77. The SMILES string of the molecule is COc1cc(CO)cc2c1O[C@@H]1[C@@H](O)[C@H](N(Cc3ccc(C)cc3)C(=O)c3cc4cccc(OC)c4o3)C=C(C(=O)NCCO)[C@H]21. The van der Waals surface area contributed by atoms with Crippen molar-refractivity contribution >= 4 is 22.8 Å². The summed E-state index contributed by atoms with van der Waals surface area (Å²) in [7, 11) is 2.99. The van der Waals surface area contributed by atoms with Crippen molar-refractivity contribution in [1.82, 2.24) is 10.2 Å². The summed E-state index contributed by atoms with van der Waals surface area (Å²) in [6, 6.07) is 17.0. The molecule has 2 heterocycles. The maximum atomic E-state index is 14.4. The molecule has 6 rings (SSSR count). The van der Waals surface area contributed by atoms with Gasteiger partial charge in [-0.1, -0.05) is 42.0 Å². The van der Waals surface area contributed by atoms with E-state index < -0.39 is 36.0 Å². The van der Waals surface area contributed by atoms with Crippen molar-refractivity contribution in [2.45, 2.75) is 44.2 Å². The average Bonchev–Trinajstić information content (AvgIpc) is 3.69. The monoisotopic (exact) mass is 628 g/mol. The highest BCUT2D eigenvalue weighted by molar-refractivity contribution is 5.99. The fourth-order valence-electron chi connectivity index (χ4n) is 6.27. The molecular weight excluding hydrogens is 592 g/mol. The van der Waals surface area contributed by atoms with Crippen LogP contribution in [-0.2, 0) is 17.9 Å².